The van der Waals surface area contributed by atoms with Crippen molar-refractivity contribution in [1.29, 1.82) is 0 Å². The van der Waals surface area contributed by atoms with E-state index in [4.69, 9.17) is 5.73 Å². The zero-order valence-corrected chi connectivity index (χ0v) is 8.28. The van der Waals surface area contributed by atoms with Crippen LogP contribution >= 0.6 is 0 Å². The third-order valence-electron chi connectivity index (χ3n) is 4.47. The summed E-state index contributed by atoms with van der Waals surface area (Å²) in [7, 11) is 0. The second-order valence-corrected chi connectivity index (χ2v) is 4.93. The molecule has 4 aliphatic rings. The molecule has 0 saturated heterocycles. The number of urea groups is 1. The van der Waals surface area contributed by atoms with Crippen LogP contribution < -0.4 is 5.73 Å². The molecule has 2 atom stereocenters. The zero-order chi connectivity index (χ0) is 9.71. The van der Waals surface area contributed by atoms with Crippen molar-refractivity contribution in [2.45, 2.75) is 32.1 Å². The number of amides is 2. The van der Waals surface area contributed by atoms with Crippen LogP contribution in [0.1, 0.15) is 32.1 Å². The summed E-state index contributed by atoms with van der Waals surface area (Å²) in [5, 5.41) is 0. The minimum Gasteiger partial charge on any atom is -0.350 e. The topological polar surface area (TPSA) is 55.5 Å². The van der Waals surface area contributed by atoms with E-state index < -0.39 is 6.03 Å². The summed E-state index contributed by atoms with van der Waals surface area (Å²) in [6.07, 6.45) is 6.35. The van der Waals surface area contributed by atoms with E-state index in [-0.39, 0.29) is 0 Å². The summed E-state index contributed by atoms with van der Waals surface area (Å²) in [5.74, 6) is 3.29. The molecule has 2 N–H and O–H groups in total. The van der Waals surface area contributed by atoms with Gasteiger partial charge in [0.2, 0.25) is 0 Å². The standard InChI is InChI=1S/C11H16N2O/c12-11(14)13-9-5-4-6-7-2-1-3-8(6)10(7)9/h6-8,10H,1-5H2,(H2,12,14)/b13-9-. The molecule has 4 bridgehead atoms. The first kappa shape index (κ1) is 8.45. The molecule has 2 amide bonds. The average molecular weight is 192 g/mol. The Labute approximate surface area is 83.8 Å². The highest BCUT2D eigenvalue weighted by Gasteiger charge is 2.56. The van der Waals surface area contributed by atoms with Gasteiger partial charge < -0.3 is 5.73 Å². The van der Waals surface area contributed by atoms with E-state index in [1.807, 2.05) is 0 Å². The van der Waals surface area contributed by atoms with Crippen molar-refractivity contribution >= 4 is 11.7 Å². The molecular formula is C11H16N2O. The molecule has 2 unspecified atom stereocenters. The Morgan fingerprint density at radius 2 is 1.93 bits per heavy atom. The van der Waals surface area contributed by atoms with Crippen molar-refractivity contribution in [1.82, 2.24) is 0 Å². The van der Waals surface area contributed by atoms with Crippen molar-refractivity contribution < 1.29 is 4.79 Å². The number of aliphatic imine (C=N–C) groups is 1. The Morgan fingerprint density at radius 1 is 1.21 bits per heavy atom. The van der Waals surface area contributed by atoms with Crippen molar-refractivity contribution in [3.63, 3.8) is 0 Å². The third-order valence-corrected chi connectivity index (χ3v) is 4.47. The monoisotopic (exact) mass is 192 g/mol. The number of carbonyl (C=O) groups is 1. The lowest BCUT2D eigenvalue weighted by Gasteiger charge is -2.60. The van der Waals surface area contributed by atoms with Gasteiger partial charge in [-0.1, -0.05) is 6.42 Å². The Kier molecular flexibility index (Phi) is 1.70. The van der Waals surface area contributed by atoms with Gasteiger partial charge in [-0.2, -0.15) is 0 Å². The summed E-state index contributed by atoms with van der Waals surface area (Å²) < 4.78 is 0. The molecule has 4 fully saturated rings. The molecule has 0 heterocycles. The second kappa shape index (κ2) is 2.81. The van der Waals surface area contributed by atoms with Crippen molar-refractivity contribution in [3.05, 3.63) is 0 Å². The third kappa shape index (κ3) is 0.983. The molecule has 0 aromatic rings. The normalized spacial score (nSPS) is 47.3. The maximum Gasteiger partial charge on any atom is 0.338 e. The maximum absolute atomic E-state index is 10.8. The van der Waals surface area contributed by atoms with Gasteiger partial charge in [0, 0.05) is 11.6 Å². The average Bonchev–Trinajstić information content (AvgIpc) is 2.19. The summed E-state index contributed by atoms with van der Waals surface area (Å²) in [6, 6.07) is -0.497. The molecule has 0 aliphatic heterocycles. The number of nitrogens with two attached hydrogens (primary N) is 1. The van der Waals surface area contributed by atoms with E-state index in [1.165, 1.54) is 25.7 Å². The quantitative estimate of drug-likeness (QED) is 0.626. The molecule has 76 valence electrons. The van der Waals surface area contributed by atoms with Crippen LogP contribution in [0.2, 0.25) is 0 Å². The fourth-order valence-corrected chi connectivity index (χ4v) is 4.07. The Bertz CT molecular complexity index is 298. The molecule has 3 heteroatoms. The van der Waals surface area contributed by atoms with E-state index >= 15 is 0 Å². The van der Waals surface area contributed by atoms with Crippen molar-refractivity contribution in [2.75, 3.05) is 0 Å². The number of rotatable bonds is 0. The largest absolute Gasteiger partial charge is 0.350 e. The van der Waals surface area contributed by atoms with Gasteiger partial charge in [-0.3, -0.25) is 0 Å². The first-order valence-corrected chi connectivity index (χ1v) is 5.64. The molecule has 0 spiro atoms. The van der Waals surface area contributed by atoms with Crippen molar-refractivity contribution in [3.8, 4) is 0 Å². The lowest BCUT2D eigenvalue weighted by Crippen LogP contribution is -2.57. The van der Waals surface area contributed by atoms with Gasteiger partial charge in [0.15, 0.2) is 0 Å². The molecule has 4 rings (SSSR count). The fraction of sp³-hybridized carbons (Fsp3) is 0.818. The molecular weight excluding hydrogens is 176 g/mol. The Hall–Kier alpha value is -0.860. The van der Waals surface area contributed by atoms with E-state index in [0.717, 1.165) is 29.9 Å². The number of hydrogen-bond donors (Lipinski definition) is 1. The summed E-state index contributed by atoms with van der Waals surface area (Å²) >= 11 is 0. The minimum atomic E-state index is -0.497. The number of hydrogen-bond acceptors (Lipinski definition) is 1. The maximum atomic E-state index is 10.8. The van der Waals surface area contributed by atoms with Crippen LogP contribution in [0.4, 0.5) is 4.79 Å². The first-order valence-electron chi connectivity index (χ1n) is 5.64. The second-order valence-electron chi connectivity index (χ2n) is 4.93. The molecule has 4 saturated carbocycles. The van der Waals surface area contributed by atoms with Gasteiger partial charge in [-0.25, -0.2) is 9.79 Å². The SMILES string of the molecule is NC(=O)/N=C1/CCC2C3CCCC2C13. The Morgan fingerprint density at radius 3 is 2.57 bits per heavy atom. The lowest BCUT2D eigenvalue weighted by atomic mass is 9.44. The molecule has 3 nitrogen and oxygen atoms in total. The van der Waals surface area contributed by atoms with Gasteiger partial charge >= 0.3 is 6.03 Å². The van der Waals surface area contributed by atoms with Crippen LogP contribution in [0.3, 0.4) is 0 Å². The molecule has 0 radical (unpaired) electrons. The predicted molar refractivity (Wildman–Crippen MR) is 54.1 cm³/mol. The summed E-state index contributed by atoms with van der Waals surface area (Å²) in [4.78, 5) is 14.8. The highest BCUT2D eigenvalue weighted by molar-refractivity contribution is 5.97. The molecule has 4 aliphatic carbocycles. The highest BCUT2D eigenvalue weighted by atomic mass is 16.2. The van der Waals surface area contributed by atoms with Crippen LogP contribution in [-0.4, -0.2) is 11.7 Å². The van der Waals surface area contributed by atoms with Crippen molar-refractivity contribution in [2.24, 2.45) is 34.4 Å². The van der Waals surface area contributed by atoms with Crippen LogP contribution in [0.5, 0.6) is 0 Å². The fourth-order valence-electron chi connectivity index (χ4n) is 4.07. The highest BCUT2D eigenvalue weighted by Crippen LogP contribution is 2.60. The summed E-state index contributed by atoms with van der Waals surface area (Å²) in [5.41, 5.74) is 6.25. The number of nitrogens with zero attached hydrogens (tertiary/aromatic N) is 1. The van der Waals surface area contributed by atoms with Gasteiger partial charge in [-0.05, 0) is 43.4 Å². The minimum absolute atomic E-state index is 0.497. The predicted octanol–water partition coefficient (Wildman–Crippen LogP) is 1.96. The molecule has 0 aromatic heterocycles. The van der Waals surface area contributed by atoms with E-state index in [9.17, 15) is 4.79 Å². The number of primary amides is 1. The van der Waals surface area contributed by atoms with Crippen LogP contribution in [0.15, 0.2) is 4.99 Å². The number of carbonyl (C=O) groups excluding carboxylic acids is 1. The van der Waals surface area contributed by atoms with E-state index in [1.54, 1.807) is 0 Å². The lowest BCUT2D eigenvalue weighted by molar-refractivity contribution is -0.0486. The Balaban J connectivity index is 1.86. The smallest absolute Gasteiger partial charge is 0.338 e. The van der Waals surface area contributed by atoms with E-state index in [2.05, 4.69) is 4.99 Å². The van der Waals surface area contributed by atoms with Crippen LogP contribution in [-0.2, 0) is 0 Å². The van der Waals surface area contributed by atoms with Gasteiger partial charge in [-0.15, -0.1) is 0 Å². The zero-order valence-electron chi connectivity index (χ0n) is 8.28. The van der Waals surface area contributed by atoms with Gasteiger partial charge in [0.05, 0.1) is 0 Å². The first-order chi connectivity index (χ1) is 6.77. The van der Waals surface area contributed by atoms with Crippen LogP contribution in [0.25, 0.3) is 0 Å². The van der Waals surface area contributed by atoms with E-state index in [0.29, 0.717) is 5.92 Å². The number of fused-ring (bicyclic) bond motifs is 2. The molecule has 14 heavy (non-hydrogen) atoms. The summed E-state index contributed by atoms with van der Waals surface area (Å²) in [6.45, 7) is 0. The molecule has 0 aromatic carbocycles. The van der Waals surface area contributed by atoms with Gasteiger partial charge in [0.25, 0.3) is 0 Å². The van der Waals surface area contributed by atoms with Gasteiger partial charge in [0.1, 0.15) is 0 Å². The van der Waals surface area contributed by atoms with Crippen LogP contribution in [0, 0.1) is 23.7 Å².